The largest absolute Gasteiger partial charge is 0.283 e. The molecule has 5 heteroatoms. The lowest BCUT2D eigenvalue weighted by Gasteiger charge is -2.13. The summed E-state index contributed by atoms with van der Waals surface area (Å²) in [5.74, 6) is -0.438. The van der Waals surface area contributed by atoms with Gasteiger partial charge in [0.05, 0.1) is 23.0 Å². The van der Waals surface area contributed by atoms with E-state index in [1.165, 1.54) is 16.7 Å². The number of nitriles is 1. The predicted octanol–water partition coefficient (Wildman–Crippen LogP) is 4.58. The Bertz CT molecular complexity index is 1260. The van der Waals surface area contributed by atoms with E-state index in [1.54, 1.807) is 60.9 Å². The van der Waals surface area contributed by atoms with Crippen LogP contribution in [0.2, 0.25) is 0 Å². The van der Waals surface area contributed by atoms with Gasteiger partial charge in [-0.2, -0.15) is 5.26 Å². The Morgan fingerprint density at radius 1 is 0.929 bits per heavy atom. The van der Waals surface area contributed by atoms with Crippen LogP contribution >= 0.6 is 0 Å². The fourth-order valence-electron chi connectivity index (χ4n) is 3.08. The summed E-state index contributed by atoms with van der Waals surface area (Å²) in [6.45, 7) is 0. The number of nitrogens with zero attached hydrogens (tertiary/aromatic N) is 3. The lowest BCUT2D eigenvalue weighted by molar-refractivity contribution is 0.626. The summed E-state index contributed by atoms with van der Waals surface area (Å²) in [5, 5.41) is 9.46. The van der Waals surface area contributed by atoms with Crippen LogP contribution in [0.15, 0.2) is 90.0 Å². The van der Waals surface area contributed by atoms with Gasteiger partial charge in [-0.05, 0) is 42.5 Å². The van der Waals surface area contributed by atoms with E-state index >= 15 is 0 Å². The van der Waals surface area contributed by atoms with Gasteiger partial charge in [-0.1, -0.05) is 30.3 Å². The molecule has 4 nitrogen and oxygen atoms in total. The number of rotatable bonds is 3. The zero-order valence-corrected chi connectivity index (χ0v) is 14.7. The van der Waals surface area contributed by atoms with Gasteiger partial charge in [0.2, 0.25) is 0 Å². The van der Waals surface area contributed by atoms with E-state index in [0.717, 1.165) is 0 Å². The molecule has 0 N–H and O–H groups in total. The average Bonchev–Trinajstić information content (AvgIpc) is 2.74. The minimum Gasteiger partial charge on any atom is -0.283 e. The molecular weight excluding hydrogens is 353 g/mol. The van der Waals surface area contributed by atoms with Gasteiger partial charge in [0.25, 0.3) is 5.56 Å². The van der Waals surface area contributed by atoms with E-state index in [1.807, 2.05) is 12.1 Å². The van der Waals surface area contributed by atoms with Gasteiger partial charge in [-0.15, -0.1) is 0 Å². The topological polar surface area (TPSA) is 58.7 Å². The van der Waals surface area contributed by atoms with Crippen molar-refractivity contribution in [3.8, 4) is 34.1 Å². The van der Waals surface area contributed by atoms with Crippen molar-refractivity contribution >= 4 is 0 Å². The van der Waals surface area contributed by atoms with E-state index in [9.17, 15) is 14.4 Å². The van der Waals surface area contributed by atoms with Gasteiger partial charge in [0, 0.05) is 29.1 Å². The standard InChI is InChI=1S/C23H14FN3O/c24-18-7-5-8-19(13-18)27-15-17(22-10-3-4-11-26-22)12-21(23(27)28)20-9-2-1-6-16(20)14-25/h1-13,15H. The third-order valence-corrected chi connectivity index (χ3v) is 4.40. The summed E-state index contributed by atoms with van der Waals surface area (Å²) in [6.07, 6.45) is 3.30. The predicted molar refractivity (Wildman–Crippen MR) is 105 cm³/mol. The van der Waals surface area contributed by atoms with Crippen LogP contribution in [0.4, 0.5) is 4.39 Å². The Kier molecular flexibility index (Phi) is 4.53. The first-order valence-electron chi connectivity index (χ1n) is 8.61. The minimum atomic E-state index is -0.438. The summed E-state index contributed by atoms with van der Waals surface area (Å²) in [4.78, 5) is 17.6. The molecule has 0 saturated carbocycles. The average molecular weight is 367 g/mol. The molecule has 0 aliphatic carbocycles. The van der Waals surface area contributed by atoms with Crippen LogP contribution in [0.3, 0.4) is 0 Å². The molecule has 2 aromatic carbocycles. The van der Waals surface area contributed by atoms with E-state index in [0.29, 0.717) is 33.6 Å². The molecule has 0 bridgehead atoms. The molecule has 0 fully saturated rings. The second kappa shape index (κ2) is 7.29. The molecule has 28 heavy (non-hydrogen) atoms. The first-order chi connectivity index (χ1) is 13.7. The summed E-state index contributed by atoms with van der Waals surface area (Å²) < 4.78 is 15.2. The number of hydrogen-bond acceptors (Lipinski definition) is 3. The molecule has 2 aromatic heterocycles. The van der Waals surface area contributed by atoms with Gasteiger partial charge in [-0.3, -0.25) is 14.3 Å². The van der Waals surface area contributed by atoms with E-state index in [2.05, 4.69) is 11.1 Å². The second-order valence-corrected chi connectivity index (χ2v) is 6.17. The fourth-order valence-corrected chi connectivity index (χ4v) is 3.08. The highest BCUT2D eigenvalue weighted by atomic mass is 19.1. The molecule has 134 valence electrons. The Morgan fingerprint density at radius 2 is 1.75 bits per heavy atom. The van der Waals surface area contributed by atoms with Crippen molar-refractivity contribution in [3.63, 3.8) is 0 Å². The van der Waals surface area contributed by atoms with Gasteiger partial charge in [0.15, 0.2) is 0 Å². The van der Waals surface area contributed by atoms with Crippen LogP contribution in [0.5, 0.6) is 0 Å². The highest BCUT2D eigenvalue weighted by molar-refractivity contribution is 5.74. The summed E-state index contributed by atoms with van der Waals surface area (Å²) in [5.41, 5.74) is 2.69. The Labute approximate surface area is 160 Å². The van der Waals surface area contributed by atoms with E-state index in [4.69, 9.17) is 0 Å². The van der Waals surface area contributed by atoms with Crippen LogP contribution in [0, 0.1) is 17.1 Å². The Morgan fingerprint density at radius 3 is 2.50 bits per heavy atom. The van der Waals surface area contributed by atoms with E-state index in [-0.39, 0.29) is 5.56 Å². The minimum absolute atomic E-state index is 0.340. The molecule has 0 amide bonds. The molecule has 0 saturated heterocycles. The number of pyridine rings is 2. The van der Waals surface area contributed by atoms with Crippen molar-refractivity contribution in [2.45, 2.75) is 0 Å². The van der Waals surface area contributed by atoms with Crippen molar-refractivity contribution in [2.75, 3.05) is 0 Å². The monoisotopic (exact) mass is 367 g/mol. The van der Waals surface area contributed by atoms with Crippen molar-refractivity contribution in [3.05, 3.63) is 107 Å². The first-order valence-corrected chi connectivity index (χ1v) is 8.61. The van der Waals surface area contributed by atoms with Crippen molar-refractivity contribution < 1.29 is 4.39 Å². The molecule has 0 aliphatic rings. The normalized spacial score (nSPS) is 10.4. The third-order valence-electron chi connectivity index (χ3n) is 4.40. The van der Waals surface area contributed by atoms with Gasteiger partial charge < -0.3 is 0 Å². The van der Waals surface area contributed by atoms with Gasteiger partial charge in [0.1, 0.15) is 5.82 Å². The number of benzene rings is 2. The summed E-state index contributed by atoms with van der Waals surface area (Å²) in [6, 6.07) is 22.1. The smallest absolute Gasteiger partial charge is 0.263 e. The molecule has 0 spiro atoms. The number of hydrogen-bond donors (Lipinski definition) is 0. The highest BCUT2D eigenvalue weighted by Crippen LogP contribution is 2.26. The molecule has 4 rings (SSSR count). The molecule has 2 heterocycles. The Hall–Kier alpha value is -4.04. The molecule has 0 aliphatic heterocycles. The SMILES string of the molecule is N#Cc1ccccc1-c1cc(-c2ccccn2)cn(-c2cccc(F)c2)c1=O. The zero-order chi connectivity index (χ0) is 19.5. The van der Waals surface area contributed by atoms with Gasteiger partial charge >= 0.3 is 0 Å². The lowest BCUT2D eigenvalue weighted by atomic mass is 9.99. The maximum Gasteiger partial charge on any atom is 0.263 e. The van der Waals surface area contributed by atoms with Crippen LogP contribution in [-0.4, -0.2) is 9.55 Å². The zero-order valence-electron chi connectivity index (χ0n) is 14.7. The number of aromatic nitrogens is 2. The highest BCUT2D eigenvalue weighted by Gasteiger charge is 2.15. The van der Waals surface area contributed by atoms with E-state index < -0.39 is 5.82 Å². The van der Waals surface area contributed by atoms with Gasteiger partial charge in [-0.25, -0.2) is 4.39 Å². The maximum absolute atomic E-state index is 13.8. The lowest BCUT2D eigenvalue weighted by Crippen LogP contribution is -2.20. The molecule has 0 radical (unpaired) electrons. The molecule has 0 unspecified atom stereocenters. The summed E-state index contributed by atoms with van der Waals surface area (Å²) in [7, 11) is 0. The van der Waals surface area contributed by atoms with Crippen molar-refractivity contribution in [1.82, 2.24) is 9.55 Å². The van der Waals surface area contributed by atoms with Crippen LogP contribution in [0.25, 0.3) is 28.1 Å². The third kappa shape index (κ3) is 3.19. The maximum atomic E-state index is 13.8. The van der Waals surface area contributed by atoms with Crippen molar-refractivity contribution in [2.24, 2.45) is 0 Å². The first kappa shape index (κ1) is 17.4. The van der Waals surface area contributed by atoms with Crippen LogP contribution < -0.4 is 5.56 Å². The molecule has 4 aromatic rings. The molecule has 0 atom stereocenters. The van der Waals surface area contributed by atoms with Crippen LogP contribution in [0.1, 0.15) is 5.56 Å². The fraction of sp³-hybridized carbons (Fsp3) is 0. The summed E-state index contributed by atoms with van der Waals surface area (Å²) >= 11 is 0. The molecular formula is C23H14FN3O. The second-order valence-electron chi connectivity index (χ2n) is 6.17. The Balaban J connectivity index is 2.05. The quantitative estimate of drug-likeness (QED) is 0.533. The number of halogens is 1. The van der Waals surface area contributed by atoms with Crippen molar-refractivity contribution in [1.29, 1.82) is 5.26 Å². The van der Waals surface area contributed by atoms with Crippen LogP contribution in [-0.2, 0) is 0 Å².